The summed E-state index contributed by atoms with van der Waals surface area (Å²) in [4.78, 5) is 1.85. The number of fused-ring (bicyclic) bond motifs is 4. The zero-order valence-corrected chi connectivity index (χ0v) is 28.0. The highest BCUT2D eigenvalue weighted by molar-refractivity contribution is 7.64. The summed E-state index contributed by atoms with van der Waals surface area (Å²) in [7, 11) is -4.08. The Balaban J connectivity index is 1.41. The summed E-state index contributed by atoms with van der Waals surface area (Å²) < 4.78 is 28.8. The fraction of sp³-hybridized carbons (Fsp3) is 0. The molecular formula is C44H29O3PS. The third-order valence-corrected chi connectivity index (χ3v) is 12.1. The van der Waals surface area contributed by atoms with Gasteiger partial charge in [0.05, 0.1) is 4.88 Å². The van der Waals surface area contributed by atoms with E-state index >= 15 is 4.57 Å². The highest BCUT2D eigenvalue weighted by Gasteiger charge is 2.38. The van der Waals surface area contributed by atoms with Gasteiger partial charge in [-0.15, -0.1) is 11.3 Å². The Morgan fingerprint density at radius 2 is 0.776 bits per heavy atom. The normalized spacial score (nSPS) is 11.8. The van der Waals surface area contributed by atoms with Gasteiger partial charge in [-0.25, -0.2) is 4.57 Å². The van der Waals surface area contributed by atoms with Gasteiger partial charge in [0.15, 0.2) is 0 Å². The lowest BCUT2D eigenvalue weighted by Crippen LogP contribution is -2.15. The van der Waals surface area contributed by atoms with Gasteiger partial charge in [-0.1, -0.05) is 133 Å². The van der Waals surface area contributed by atoms with Crippen molar-refractivity contribution in [1.29, 1.82) is 0 Å². The summed E-state index contributed by atoms with van der Waals surface area (Å²) >= 11 is 1.64. The van der Waals surface area contributed by atoms with E-state index in [1.807, 2.05) is 60.7 Å². The maximum atomic E-state index is 15.8. The smallest absolute Gasteiger partial charge is 0.413 e. The number of rotatable bonds is 7. The van der Waals surface area contributed by atoms with Gasteiger partial charge < -0.3 is 9.05 Å². The van der Waals surface area contributed by atoms with E-state index in [2.05, 4.69) is 115 Å². The van der Waals surface area contributed by atoms with Crippen LogP contribution in [0.5, 0.6) is 11.5 Å². The van der Waals surface area contributed by atoms with Crippen LogP contribution in [0.15, 0.2) is 176 Å². The Hall–Kier alpha value is -5.67. The molecule has 0 aliphatic heterocycles. The first kappa shape index (κ1) is 29.5. The van der Waals surface area contributed by atoms with Crippen molar-refractivity contribution in [2.24, 2.45) is 0 Å². The lowest BCUT2D eigenvalue weighted by molar-refractivity contribution is 0.399. The summed E-state index contributed by atoms with van der Waals surface area (Å²) in [6, 6.07) is 58.9. The van der Waals surface area contributed by atoms with Gasteiger partial charge in [-0.2, -0.15) is 0 Å². The van der Waals surface area contributed by atoms with Crippen LogP contribution >= 0.6 is 18.9 Å². The molecule has 1 heterocycles. The van der Waals surface area contributed by atoms with Crippen LogP contribution in [0.2, 0.25) is 0 Å². The van der Waals surface area contributed by atoms with E-state index in [0.29, 0.717) is 16.8 Å². The van der Waals surface area contributed by atoms with Crippen molar-refractivity contribution in [2.45, 2.75) is 0 Å². The number of para-hydroxylation sites is 2. The van der Waals surface area contributed by atoms with E-state index in [0.717, 1.165) is 64.0 Å². The minimum atomic E-state index is -4.08. The lowest BCUT2D eigenvalue weighted by atomic mass is 9.95. The Morgan fingerprint density at radius 1 is 0.408 bits per heavy atom. The molecule has 0 amide bonds. The molecule has 5 heteroatoms. The SMILES string of the molecule is O=P(Oc1ccccc1)(Oc1ccccc1)c1cc(-c2c3ccccc3cc3ccccc23)sc1-c1c2ccccc2cc2ccccc12. The second-order valence-electron chi connectivity index (χ2n) is 12.0. The van der Waals surface area contributed by atoms with Gasteiger partial charge in [0.1, 0.15) is 16.8 Å². The molecule has 234 valence electrons. The third-order valence-electron chi connectivity index (χ3n) is 8.96. The number of thiophene rings is 1. The molecule has 0 fully saturated rings. The van der Waals surface area contributed by atoms with Crippen molar-refractivity contribution < 1.29 is 13.6 Å². The van der Waals surface area contributed by atoms with Crippen molar-refractivity contribution in [1.82, 2.24) is 0 Å². The number of benzene rings is 8. The molecule has 0 N–H and O–H groups in total. The Bertz CT molecular complexity index is 2550. The van der Waals surface area contributed by atoms with Gasteiger partial charge in [-0.05, 0) is 85.6 Å². The van der Waals surface area contributed by atoms with Crippen LogP contribution in [-0.4, -0.2) is 0 Å². The van der Waals surface area contributed by atoms with Crippen LogP contribution in [0, 0.1) is 0 Å². The zero-order valence-electron chi connectivity index (χ0n) is 26.3. The summed E-state index contributed by atoms with van der Waals surface area (Å²) in [5.41, 5.74) is 2.11. The van der Waals surface area contributed by atoms with Crippen LogP contribution in [0.4, 0.5) is 0 Å². The van der Waals surface area contributed by atoms with Gasteiger partial charge in [-0.3, -0.25) is 0 Å². The fourth-order valence-corrected chi connectivity index (χ4v) is 10.2. The number of hydrogen-bond donors (Lipinski definition) is 0. The van der Waals surface area contributed by atoms with Crippen molar-refractivity contribution in [3.63, 3.8) is 0 Å². The monoisotopic (exact) mass is 668 g/mol. The minimum Gasteiger partial charge on any atom is -0.413 e. The second-order valence-corrected chi connectivity index (χ2v) is 14.9. The molecule has 1 aromatic heterocycles. The summed E-state index contributed by atoms with van der Waals surface area (Å²) in [5, 5.41) is 9.44. The molecule has 8 aromatic carbocycles. The average Bonchev–Trinajstić information content (AvgIpc) is 3.59. The Kier molecular flexibility index (Phi) is 7.27. The summed E-state index contributed by atoms with van der Waals surface area (Å²) in [6.45, 7) is 0. The highest BCUT2D eigenvalue weighted by atomic mass is 32.1. The predicted molar refractivity (Wildman–Crippen MR) is 207 cm³/mol. The summed E-state index contributed by atoms with van der Waals surface area (Å²) in [5.74, 6) is 0.942. The molecule has 0 saturated heterocycles. The Morgan fingerprint density at radius 3 is 1.20 bits per heavy atom. The van der Waals surface area contributed by atoms with E-state index in [1.165, 1.54) is 0 Å². The molecule has 9 rings (SSSR count). The summed E-state index contributed by atoms with van der Waals surface area (Å²) in [6.07, 6.45) is 0. The fourth-order valence-electron chi connectivity index (χ4n) is 6.78. The molecular weight excluding hydrogens is 640 g/mol. The van der Waals surface area contributed by atoms with Crippen LogP contribution in [0.25, 0.3) is 64.0 Å². The quantitative estimate of drug-likeness (QED) is 0.125. The van der Waals surface area contributed by atoms with Gasteiger partial charge in [0.2, 0.25) is 0 Å². The molecule has 0 radical (unpaired) electrons. The molecule has 0 saturated carbocycles. The van der Waals surface area contributed by atoms with Crippen LogP contribution in [0.3, 0.4) is 0 Å². The molecule has 9 aromatic rings. The van der Waals surface area contributed by atoms with Crippen LogP contribution in [0.1, 0.15) is 0 Å². The van der Waals surface area contributed by atoms with E-state index in [9.17, 15) is 0 Å². The molecule has 49 heavy (non-hydrogen) atoms. The van der Waals surface area contributed by atoms with Gasteiger partial charge in [0, 0.05) is 16.0 Å². The maximum absolute atomic E-state index is 15.8. The van der Waals surface area contributed by atoms with Crippen LogP contribution in [-0.2, 0) is 4.57 Å². The molecule has 0 spiro atoms. The molecule has 0 bridgehead atoms. The highest BCUT2D eigenvalue weighted by Crippen LogP contribution is 2.55. The number of hydrogen-bond acceptors (Lipinski definition) is 4. The topological polar surface area (TPSA) is 35.5 Å². The molecule has 0 aliphatic rings. The van der Waals surface area contributed by atoms with Crippen molar-refractivity contribution in [2.75, 3.05) is 0 Å². The van der Waals surface area contributed by atoms with E-state index in [1.54, 1.807) is 11.3 Å². The van der Waals surface area contributed by atoms with Crippen molar-refractivity contribution >= 4 is 67.3 Å². The molecule has 0 aliphatic carbocycles. The average molecular weight is 669 g/mol. The van der Waals surface area contributed by atoms with Gasteiger partial charge in [0.25, 0.3) is 0 Å². The van der Waals surface area contributed by atoms with Crippen LogP contribution < -0.4 is 14.4 Å². The first-order chi connectivity index (χ1) is 24.1. The molecule has 0 atom stereocenters. The van der Waals surface area contributed by atoms with E-state index in [-0.39, 0.29) is 0 Å². The van der Waals surface area contributed by atoms with E-state index in [4.69, 9.17) is 9.05 Å². The maximum Gasteiger partial charge on any atom is 0.464 e. The molecule has 0 unspecified atom stereocenters. The standard InChI is InChI=1S/C44H29O3PS/c45-48(46-34-19-3-1-4-20-34,47-35-21-5-2-6-22-35)40-29-41(42-36-23-11-7-15-30(36)27-31-16-8-12-24-37(31)42)49-44(40)43-38-25-13-9-17-32(38)28-33-18-10-14-26-39(33)43/h1-29H. The largest absolute Gasteiger partial charge is 0.464 e. The Labute approximate surface area is 288 Å². The lowest BCUT2D eigenvalue weighted by Gasteiger charge is -2.21. The van der Waals surface area contributed by atoms with Crippen molar-refractivity contribution in [3.8, 4) is 32.4 Å². The van der Waals surface area contributed by atoms with Gasteiger partial charge >= 0.3 is 7.60 Å². The molecule has 3 nitrogen and oxygen atoms in total. The minimum absolute atomic E-state index is 0.471. The van der Waals surface area contributed by atoms with E-state index < -0.39 is 7.60 Å². The first-order valence-corrected chi connectivity index (χ1v) is 18.6. The second kappa shape index (κ2) is 12.1. The van der Waals surface area contributed by atoms with Crippen molar-refractivity contribution in [3.05, 3.63) is 176 Å². The predicted octanol–water partition coefficient (Wildman–Crippen LogP) is 12.7. The first-order valence-electron chi connectivity index (χ1n) is 16.2. The third kappa shape index (κ3) is 5.27. The zero-order chi connectivity index (χ0) is 32.8.